The van der Waals surface area contributed by atoms with E-state index in [1.807, 2.05) is 7.11 Å². The van der Waals surface area contributed by atoms with E-state index in [0.717, 1.165) is 13.0 Å². The highest BCUT2D eigenvalue weighted by molar-refractivity contribution is 5.66. The van der Waals surface area contributed by atoms with Crippen molar-refractivity contribution in [3.8, 4) is 0 Å². The summed E-state index contributed by atoms with van der Waals surface area (Å²) in [6.07, 6.45) is 5.91. The van der Waals surface area contributed by atoms with Crippen LogP contribution in [0, 0.1) is 24.2 Å². The van der Waals surface area contributed by atoms with E-state index in [-0.39, 0.29) is 17.5 Å². The Morgan fingerprint density at radius 1 is 1.23 bits per heavy atom. The SMILES string of the molecule is COC[C@@H]1C[C@@H]2[C@H](CC[C@]3(C)C(OC(C)=O)CC[C@@H]23)c2ccc(C)cc21. The van der Waals surface area contributed by atoms with Gasteiger partial charge < -0.3 is 9.47 Å². The summed E-state index contributed by atoms with van der Waals surface area (Å²) < 4.78 is 11.4. The van der Waals surface area contributed by atoms with Crippen LogP contribution in [0.25, 0.3) is 0 Å². The number of hydrogen-bond acceptors (Lipinski definition) is 3. The number of carbonyl (C=O) groups is 1. The number of carbonyl (C=O) groups excluding carboxylic acids is 1. The summed E-state index contributed by atoms with van der Waals surface area (Å²) in [5, 5.41) is 0. The molecule has 26 heavy (non-hydrogen) atoms. The Bertz CT molecular complexity index is 697. The van der Waals surface area contributed by atoms with E-state index in [1.165, 1.54) is 36.8 Å². The van der Waals surface area contributed by atoms with Gasteiger partial charge in [0, 0.05) is 25.4 Å². The second-order valence-corrected chi connectivity index (χ2v) is 9.12. The van der Waals surface area contributed by atoms with Gasteiger partial charge in [-0.1, -0.05) is 30.7 Å². The second kappa shape index (κ2) is 6.67. The third-order valence-electron chi connectivity index (χ3n) is 7.66. The predicted octanol–water partition coefficient (Wildman–Crippen LogP) is 4.97. The van der Waals surface area contributed by atoms with Gasteiger partial charge >= 0.3 is 5.97 Å². The van der Waals surface area contributed by atoms with Crippen LogP contribution in [0.3, 0.4) is 0 Å². The number of methoxy groups -OCH3 is 1. The van der Waals surface area contributed by atoms with Crippen LogP contribution in [0.15, 0.2) is 18.2 Å². The molecule has 2 fully saturated rings. The molecule has 0 aliphatic heterocycles. The summed E-state index contributed by atoms with van der Waals surface area (Å²) in [4.78, 5) is 11.6. The molecule has 0 amide bonds. The van der Waals surface area contributed by atoms with Crippen molar-refractivity contribution >= 4 is 5.97 Å². The van der Waals surface area contributed by atoms with Crippen LogP contribution in [0.2, 0.25) is 0 Å². The first-order valence-corrected chi connectivity index (χ1v) is 10.2. The normalized spacial score (nSPS) is 38.2. The quantitative estimate of drug-likeness (QED) is 0.717. The van der Waals surface area contributed by atoms with Crippen molar-refractivity contribution in [1.29, 1.82) is 0 Å². The smallest absolute Gasteiger partial charge is 0.302 e. The molecule has 0 spiro atoms. The lowest BCUT2D eigenvalue weighted by Crippen LogP contribution is -2.45. The number of esters is 1. The van der Waals surface area contributed by atoms with Crippen molar-refractivity contribution in [3.05, 3.63) is 34.9 Å². The fourth-order valence-electron chi connectivity index (χ4n) is 6.55. The van der Waals surface area contributed by atoms with Gasteiger partial charge in [-0.25, -0.2) is 0 Å². The maximum Gasteiger partial charge on any atom is 0.302 e. The van der Waals surface area contributed by atoms with E-state index in [1.54, 1.807) is 12.5 Å². The molecule has 3 nitrogen and oxygen atoms in total. The Labute approximate surface area is 157 Å². The Kier molecular flexibility index (Phi) is 4.63. The highest BCUT2D eigenvalue weighted by Crippen LogP contribution is 2.63. The molecule has 0 aromatic heterocycles. The van der Waals surface area contributed by atoms with Gasteiger partial charge in [-0.2, -0.15) is 0 Å². The molecule has 0 radical (unpaired) electrons. The molecule has 3 aliphatic rings. The first-order valence-electron chi connectivity index (χ1n) is 10.2. The summed E-state index contributed by atoms with van der Waals surface area (Å²) in [6, 6.07) is 7.04. The van der Waals surface area contributed by atoms with Crippen LogP contribution in [0.4, 0.5) is 0 Å². The van der Waals surface area contributed by atoms with Crippen LogP contribution in [0.1, 0.15) is 74.5 Å². The van der Waals surface area contributed by atoms with Gasteiger partial charge in [0.15, 0.2) is 0 Å². The van der Waals surface area contributed by atoms with Crippen molar-refractivity contribution in [2.75, 3.05) is 13.7 Å². The lowest BCUT2D eigenvalue weighted by Gasteiger charge is -2.51. The minimum absolute atomic E-state index is 0.103. The minimum Gasteiger partial charge on any atom is -0.462 e. The molecule has 2 saturated carbocycles. The van der Waals surface area contributed by atoms with Gasteiger partial charge in [0.05, 0.1) is 6.61 Å². The first-order chi connectivity index (χ1) is 12.4. The Morgan fingerprint density at radius 3 is 2.77 bits per heavy atom. The van der Waals surface area contributed by atoms with Crippen LogP contribution in [-0.2, 0) is 14.3 Å². The third-order valence-corrected chi connectivity index (χ3v) is 7.66. The Hall–Kier alpha value is -1.35. The molecule has 142 valence electrons. The van der Waals surface area contributed by atoms with Crippen LogP contribution in [0.5, 0.6) is 0 Å². The van der Waals surface area contributed by atoms with E-state index in [2.05, 4.69) is 32.0 Å². The third kappa shape index (κ3) is 2.79. The van der Waals surface area contributed by atoms with Gasteiger partial charge in [-0.15, -0.1) is 0 Å². The van der Waals surface area contributed by atoms with Gasteiger partial charge in [0.2, 0.25) is 0 Å². The average molecular weight is 357 g/mol. The Balaban J connectivity index is 1.68. The number of aryl methyl sites for hydroxylation is 1. The zero-order valence-electron chi connectivity index (χ0n) is 16.6. The summed E-state index contributed by atoms with van der Waals surface area (Å²) in [5.41, 5.74) is 4.57. The fourth-order valence-corrected chi connectivity index (χ4v) is 6.55. The predicted molar refractivity (Wildman–Crippen MR) is 102 cm³/mol. The number of benzene rings is 1. The zero-order valence-corrected chi connectivity index (χ0v) is 16.6. The average Bonchev–Trinajstić information content (AvgIpc) is 2.91. The molecule has 0 heterocycles. The van der Waals surface area contributed by atoms with Crippen LogP contribution in [-0.4, -0.2) is 25.8 Å². The molecule has 0 saturated heterocycles. The molecule has 3 heteroatoms. The molecule has 1 unspecified atom stereocenters. The van der Waals surface area contributed by atoms with E-state index in [9.17, 15) is 4.79 Å². The summed E-state index contributed by atoms with van der Waals surface area (Å²) in [5.74, 6) is 2.36. The molecule has 1 aromatic rings. The highest BCUT2D eigenvalue weighted by Gasteiger charge is 2.56. The van der Waals surface area contributed by atoms with Gasteiger partial charge in [0.1, 0.15) is 6.10 Å². The van der Waals surface area contributed by atoms with Crippen molar-refractivity contribution in [2.24, 2.45) is 17.3 Å². The number of hydrogen-bond donors (Lipinski definition) is 0. The van der Waals surface area contributed by atoms with Crippen LogP contribution < -0.4 is 0 Å². The molecule has 6 atom stereocenters. The summed E-state index contributed by atoms with van der Waals surface area (Å²) in [6.45, 7) is 6.92. The van der Waals surface area contributed by atoms with Gasteiger partial charge in [-0.05, 0) is 67.9 Å². The monoisotopic (exact) mass is 356 g/mol. The van der Waals surface area contributed by atoms with Gasteiger partial charge in [-0.3, -0.25) is 4.79 Å². The van der Waals surface area contributed by atoms with E-state index in [4.69, 9.17) is 9.47 Å². The molecule has 0 bridgehead atoms. The molecule has 1 aromatic carbocycles. The Morgan fingerprint density at radius 2 is 2.04 bits per heavy atom. The minimum atomic E-state index is -0.124. The molecule has 4 rings (SSSR count). The van der Waals surface area contributed by atoms with Crippen molar-refractivity contribution in [3.63, 3.8) is 0 Å². The molecule has 3 aliphatic carbocycles. The molecular weight excluding hydrogens is 324 g/mol. The highest BCUT2D eigenvalue weighted by atomic mass is 16.5. The molecular formula is C23H32O3. The van der Waals surface area contributed by atoms with Crippen molar-refractivity contribution in [1.82, 2.24) is 0 Å². The summed E-state index contributed by atoms with van der Waals surface area (Å²) >= 11 is 0. The zero-order chi connectivity index (χ0) is 18.5. The summed E-state index contributed by atoms with van der Waals surface area (Å²) in [7, 11) is 1.82. The maximum absolute atomic E-state index is 11.6. The number of fused-ring (bicyclic) bond motifs is 5. The topological polar surface area (TPSA) is 35.5 Å². The maximum atomic E-state index is 11.6. The second-order valence-electron chi connectivity index (χ2n) is 9.12. The van der Waals surface area contributed by atoms with E-state index in [0.29, 0.717) is 23.7 Å². The first kappa shape index (κ1) is 18.0. The van der Waals surface area contributed by atoms with Crippen LogP contribution >= 0.6 is 0 Å². The lowest BCUT2D eigenvalue weighted by atomic mass is 9.54. The molecule has 0 N–H and O–H groups in total. The van der Waals surface area contributed by atoms with Crippen molar-refractivity contribution < 1.29 is 14.3 Å². The van der Waals surface area contributed by atoms with Crippen molar-refractivity contribution in [2.45, 2.75) is 70.8 Å². The van der Waals surface area contributed by atoms with E-state index < -0.39 is 0 Å². The number of ether oxygens (including phenoxy) is 2. The van der Waals surface area contributed by atoms with Gasteiger partial charge in [0.25, 0.3) is 0 Å². The van der Waals surface area contributed by atoms with E-state index >= 15 is 0 Å². The largest absolute Gasteiger partial charge is 0.462 e. The lowest BCUT2D eigenvalue weighted by molar-refractivity contribution is -0.154. The number of rotatable bonds is 3. The standard InChI is InChI=1S/C23H32O3/c1-14-5-6-17-18-9-10-23(3)21(7-8-22(23)26-15(2)24)20(18)12-16(13-25-4)19(17)11-14/h5-6,11,16,18,20-22H,7-10,12-13H2,1-4H3/t16-,18+,20+,21-,22?,23-/m0/s1. The fraction of sp³-hybridized carbons (Fsp3) is 0.696.